The maximum atomic E-state index is 5.35. The van der Waals surface area contributed by atoms with E-state index in [0.29, 0.717) is 12.1 Å². The lowest BCUT2D eigenvalue weighted by Gasteiger charge is -2.25. The van der Waals surface area contributed by atoms with Crippen LogP contribution in [0, 0.1) is 0 Å². The van der Waals surface area contributed by atoms with E-state index >= 15 is 0 Å². The molecule has 1 aliphatic heterocycles. The first-order valence-corrected chi connectivity index (χ1v) is 5.86. The molecule has 1 aromatic heterocycles. The highest BCUT2D eigenvalue weighted by molar-refractivity contribution is 5.03. The van der Waals surface area contributed by atoms with Crippen molar-refractivity contribution in [2.24, 2.45) is 0 Å². The fraction of sp³-hybridized carbons (Fsp3) is 0.667. The van der Waals surface area contributed by atoms with Crippen molar-refractivity contribution in [3.05, 3.63) is 24.2 Å². The van der Waals surface area contributed by atoms with Gasteiger partial charge in [-0.15, -0.1) is 0 Å². The summed E-state index contributed by atoms with van der Waals surface area (Å²) in [5.41, 5.74) is 0. The van der Waals surface area contributed by atoms with Crippen LogP contribution in [-0.2, 0) is 0 Å². The van der Waals surface area contributed by atoms with E-state index in [4.69, 9.17) is 4.42 Å². The van der Waals surface area contributed by atoms with E-state index in [1.807, 2.05) is 12.1 Å². The van der Waals surface area contributed by atoms with Crippen LogP contribution in [0.2, 0.25) is 0 Å². The standard InChI is InChI=1S/C12H20N2O/c1-10(12-6-4-8-15-12)14-9-11-5-2-3-7-13-11/h4,6,8,10-11,13-14H,2-3,5,7,9H2,1H3/t10-,11+/m0/s1. The molecule has 1 fully saturated rings. The summed E-state index contributed by atoms with van der Waals surface area (Å²) >= 11 is 0. The van der Waals surface area contributed by atoms with Crippen molar-refractivity contribution in [3.63, 3.8) is 0 Å². The molecule has 2 heterocycles. The Morgan fingerprint density at radius 3 is 3.20 bits per heavy atom. The van der Waals surface area contributed by atoms with Crippen molar-refractivity contribution in [2.75, 3.05) is 13.1 Å². The number of hydrogen-bond donors (Lipinski definition) is 2. The molecular formula is C12H20N2O. The highest BCUT2D eigenvalue weighted by Gasteiger charge is 2.14. The molecule has 1 aliphatic rings. The Kier molecular flexibility index (Phi) is 3.80. The van der Waals surface area contributed by atoms with Gasteiger partial charge in [0.25, 0.3) is 0 Å². The number of piperidine rings is 1. The molecule has 15 heavy (non-hydrogen) atoms. The lowest BCUT2D eigenvalue weighted by molar-refractivity contribution is 0.355. The van der Waals surface area contributed by atoms with Crippen LogP contribution in [0.25, 0.3) is 0 Å². The third kappa shape index (κ3) is 3.08. The van der Waals surface area contributed by atoms with E-state index in [1.54, 1.807) is 6.26 Å². The largest absolute Gasteiger partial charge is 0.468 e. The normalized spacial score (nSPS) is 23.9. The van der Waals surface area contributed by atoms with Gasteiger partial charge in [-0.1, -0.05) is 6.42 Å². The van der Waals surface area contributed by atoms with Crippen LogP contribution in [0.1, 0.15) is 38.0 Å². The molecule has 3 nitrogen and oxygen atoms in total. The van der Waals surface area contributed by atoms with Crippen LogP contribution in [0.5, 0.6) is 0 Å². The van der Waals surface area contributed by atoms with Gasteiger partial charge in [0, 0.05) is 12.6 Å². The Morgan fingerprint density at radius 1 is 1.60 bits per heavy atom. The summed E-state index contributed by atoms with van der Waals surface area (Å²) in [4.78, 5) is 0. The summed E-state index contributed by atoms with van der Waals surface area (Å²) in [5.74, 6) is 1.02. The third-order valence-electron chi connectivity index (χ3n) is 3.05. The first-order chi connectivity index (χ1) is 7.36. The van der Waals surface area contributed by atoms with E-state index in [1.165, 1.54) is 25.8 Å². The van der Waals surface area contributed by atoms with E-state index in [2.05, 4.69) is 17.6 Å². The van der Waals surface area contributed by atoms with E-state index in [9.17, 15) is 0 Å². The fourth-order valence-electron chi connectivity index (χ4n) is 2.06. The molecule has 84 valence electrons. The summed E-state index contributed by atoms with van der Waals surface area (Å²) < 4.78 is 5.35. The van der Waals surface area contributed by atoms with Crippen molar-refractivity contribution in [1.29, 1.82) is 0 Å². The number of nitrogens with one attached hydrogen (secondary N) is 2. The molecule has 0 aliphatic carbocycles. The van der Waals surface area contributed by atoms with Crippen LogP contribution in [0.3, 0.4) is 0 Å². The highest BCUT2D eigenvalue weighted by Crippen LogP contribution is 2.13. The van der Waals surface area contributed by atoms with Gasteiger partial charge in [0.2, 0.25) is 0 Å². The van der Waals surface area contributed by atoms with Gasteiger partial charge in [0.1, 0.15) is 5.76 Å². The van der Waals surface area contributed by atoms with Crippen molar-refractivity contribution >= 4 is 0 Å². The number of rotatable bonds is 4. The second-order valence-corrected chi connectivity index (χ2v) is 4.29. The maximum Gasteiger partial charge on any atom is 0.120 e. The van der Waals surface area contributed by atoms with Gasteiger partial charge in [-0.3, -0.25) is 0 Å². The zero-order valence-electron chi connectivity index (χ0n) is 9.33. The molecule has 2 rings (SSSR count). The molecule has 0 aromatic carbocycles. The minimum Gasteiger partial charge on any atom is -0.468 e. The topological polar surface area (TPSA) is 37.2 Å². The highest BCUT2D eigenvalue weighted by atomic mass is 16.3. The first-order valence-electron chi connectivity index (χ1n) is 5.86. The van der Waals surface area contributed by atoms with Gasteiger partial charge < -0.3 is 15.1 Å². The lowest BCUT2D eigenvalue weighted by atomic mass is 10.0. The number of furan rings is 1. The predicted octanol–water partition coefficient (Wildman–Crippen LogP) is 2.07. The third-order valence-corrected chi connectivity index (χ3v) is 3.05. The van der Waals surface area contributed by atoms with Crippen LogP contribution in [0.4, 0.5) is 0 Å². The summed E-state index contributed by atoms with van der Waals surface area (Å²) in [5, 5.41) is 7.03. The predicted molar refractivity (Wildman–Crippen MR) is 60.8 cm³/mol. The van der Waals surface area contributed by atoms with Crippen molar-refractivity contribution in [3.8, 4) is 0 Å². The Labute approximate surface area is 91.2 Å². The second kappa shape index (κ2) is 5.33. The van der Waals surface area contributed by atoms with Crippen molar-refractivity contribution in [1.82, 2.24) is 10.6 Å². The quantitative estimate of drug-likeness (QED) is 0.795. The Bertz CT molecular complexity index is 265. The Morgan fingerprint density at radius 2 is 2.53 bits per heavy atom. The summed E-state index contributed by atoms with van der Waals surface area (Å²) in [6.45, 7) is 4.34. The van der Waals surface area contributed by atoms with Gasteiger partial charge in [0.05, 0.1) is 12.3 Å². The second-order valence-electron chi connectivity index (χ2n) is 4.29. The molecule has 0 spiro atoms. The molecule has 0 saturated carbocycles. The smallest absolute Gasteiger partial charge is 0.120 e. The Hall–Kier alpha value is -0.800. The van der Waals surface area contributed by atoms with Crippen LogP contribution >= 0.6 is 0 Å². The molecule has 0 amide bonds. The molecule has 2 N–H and O–H groups in total. The fourth-order valence-corrected chi connectivity index (χ4v) is 2.06. The average molecular weight is 208 g/mol. The van der Waals surface area contributed by atoms with Crippen LogP contribution < -0.4 is 10.6 Å². The van der Waals surface area contributed by atoms with Crippen molar-refractivity contribution in [2.45, 2.75) is 38.3 Å². The minimum absolute atomic E-state index is 0.309. The van der Waals surface area contributed by atoms with Gasteiger partial charge in [-0.2, -0.15) is 0 Å². The molecule has 1 aromatic rings. The van der Waals surface area contributed by atoms with Gasteiger partial charge in [-0.25, -0.2) is 0 Å². The van der Waals surface area contributed by atoms with E-state index in [0.717, 1.165) is 12.3 Å². The zero-order valence-corrected chi connectivity index (χ0v) is 9.33. The first kappa shape index (κ1) is 10.7. The zero-order chi connectivity index (χ0) is 10.5. The monoisotopic (exact) mass is 208 g/mol. The van der Waals surface area contributed by atoms with Crippen LogP contribution in [0.15, 0.2) is 22.8 Å². The summed E-state index contributed by atoms with van der Waals surface area (Å²) in [6.07, 6.45) is 5.70. The van der Waals surface area contributed by atoms with Crippen molar-refractivity contribution < 1.29 is 4.42 Å². The SMILES string of the molecule is C[C@H](NC[C@H]1CCCCN1)c1ccco1. The molecule has 1 saturated heterocycles. The summed E-state index contributed by atoms with van der Waals surface area (Å²) in [7, 11) is 0. The molecule has 0 radical (unpaired) electrons. The molecule has 0 bridgehead atoms. The van der Waals surface area contributed by atoms with Gasteiger partial charge in [0.15, 0.2) is 0 Å². The Balaban J connectivity index is 1.73. The van der Waals surface area contributed by atoms with Gasteiger partial charge >= 0.3 is 0 Å². The number of hydrogen-bond acceptors (Lipinski definition) is 3. The van der Waals surface area contributed by atoms with Gasteiger partial charge in [-0.05, 0) is 38.4 Å². The molecule has 0 unspecified atom stereocenters. The molecular weight excluding hydrogens is 188 g/mol. The molecule has 2 atom stereocenters. The lowest BCUT2D eigenvalue weighted by Crippen LogP contribution is -2.42. The summed E-state index contributed by atoms with van der Waals surface area (Å²) in [6, 6.07) is 4.90. The van der Waals surface area contributed by atoms with E-state index < -0.39 is 0 Å². The van der Waals surface area contributed by atoms with E-state index in [-0.39, 0.29) is 0 Å². The maximum absolute atomic E-state index is 5.35. The minimum atomic E-state index is 0.309. The van der Waals surface area contributed by atoms with Crippen LogP contribution in [-0.4, -0.2) is 19.1 Å². The molecule has 3 heteroatoms. The average Bonchev–Trinajstić information content (AvgIpc) is 2.81.